The van der Waals surface area contributed by atoms with Crippen LogP contribution in [0.2, 0.25) is 0 Å². The summed E-state index contributed by atoms with van der Waals surface area (Å²) in [6, 6.07) is 22.0. The first-order chi connectivity index (χ1) is 14.1. The Morgan fingerprint density at radius 1 is 1.10 bits per heavy atom. The summed E-state index contributed by atoms with van der Waals surface area (Å²) in [6.45, 7) is 1.44. The Hall–Kier alpha value is -2.15. The summed E-state index contributed by atoms with van der Waals surface area (Å²) in [4.78, 5) is 15.1. The molecular weight excluding hydrogens is 450 g/mol. The predicted molar refractivity (Wildman–Crippen MR) is 119 cm³/mol. The van der Waals surface area contributed by atoms with Crippen LogP contribution < -0.4 is 4.74 Å². The summed E-state index contributed by atoms with van der Waals surface area (Å²) < 4.78 is 7.11. The molecule has 1 aromatic heterocycles. The summed E-state index contributed by atoms with van der Waals surface area (Å²) in [6.07, 6.45) is 1.63. The van der Waals surface area contributed by atoms with Crippen LogP contribution in [0.1, 0.15) is 29.3 Å². The number of hydrogen-bond donors (Lipinski definition) is 1. The smallest absolute Gasteiger partial charge is 0.307 e. The van der Waals surface area contributed by atoms with Crippen LogP contribution in [-0.2, 0) is 4.79 Å². The number of aliphatic carboxylic acids is 1. The fourth-order valence-corrected chi connectivity index (χ4v) is 5.43. The third-order valence-corrected chi connectivity index (χ3v) is 6.86. The van der Waals surface area contributed by atoms with Crippen molar-refractivity contribution in [2.24, 2.45) is 5.92 Å². The van der Waals surface area contributed by atoms with Gasteiger partial charge >= 0.3 is 5.97 Å². The normalized spacial score (nSPS) is 18.3. The number of halogens is 1. The number of carbonyl (C=O) groups is 1. The molecule has 2 heterocycles. The lowest BCUT2D eigenvalue weighted by atomic mass is 9.94. The topological polar surface area (TPSA) is 49.8 Å². The molecule has 0 saturated carbocycles. The lowest BCUT2D eigenvalue weighted by molar-refractivity contribution is -0.143. The molecule has 1 saturated heterocycles. The first-order valence-corrected chi connectivity index (χ1v) is 11.3. The monoisotopic (exact) mass is 471 g/mol. The molecule has 0 amide bonds. The number of thiophene rings is 1. The lowest BCUT2D eigenvalue weighted by Gasteiger charge is -2.37. The zero-order valence-electron chi connectivity index (χ0n) is 15.8. The standard InChI is InChI=1S/C23H22BrNO3S/c24-21-12-11-20(29-21)22(25-13-5-7-17(15-25)23(26)27)16-6-4-10-19(14-16)28-18-8-2-1-3-9-18/h1-4,6,8-12,14,17,22H,5,7,13,15H2,(H,26,27). The van der Waals surface area contributed by atoms with Gasteiger partial charge in [0.2, 0.25) is 0 Å². The van der Waals surface area contributed by atoms with Gasteiger partial charge in [-0.3, -0.25) is 9.69 Å². The Morgan fingerprint density at radius 2 is 1.90 bits per heavy atom. The Balaban J connectivity index is 1.66. The molecule has 1 N–H and O–H groups in total. The fraction of sp³-hybridized carbons (Fsp3) is 0.261. The highest BCUT2D eigenvalue weighted by Gasteiger charge is 2.32. The first kappa shape index (κ1) is 20.1. The van der Waals surface area contributed by atoms with E-state index in [0.717, 1.165) is 40.2 Å². The van der Waals surface area contributed by atoms with Crippen molar-refractivity contribution in [3.8, 4) is 11.5 Å². The van der Waals surface area contributed by atoms with Crippen molar-refractivity contribution < 1.29 is 14.6 Å². The second-order valence-electron chi connectivity index (χ2n) is 7.20. The molecule has 0 spiro atoms. The zero-order chi connectivity index (χ0) is 20.2. The van der Waals surface area contributed by atoms with Crippen molar-refractivity contribution in [3.05, 3.63) is 81.0 Å². The van der Waals surface area contributed by atoms with Crippen LogP contribution in [0.25, 0.3) is 0 Å². The van der Waals surface area contributed by atoms with Crippen LogP contribution >= 0.6 is 27.3 Å². The van der Waals surface area contributed by atoms with Crippen LogP contribution in [0.3, 0.4) is 0 Å². The molecule has 2 aromatic carbocycles. The highest BCUT2D eigenvalue weighted by Crippen LogP contribution is 2.39. The second-order valence-corrected chi connectivity index (χ2v) is 9.70. The van der Waals surface area contributed by atoms with Gasteiger partial charge < -0.3 is 9.84 Å². The van der Waals surface area contributed by atoms with Crippen molar-refractivity contribution in [3.63, 3.8) is 0 Å². The Kier molecular flexibility index (Phi) is 6.33. The maximum Gasteiger partial charge on any atom is 0.307 e. The number of nitrogens with zero attached hydrogens (tertiary/aromatic N) is 1. The van der Waals surface area contributed by atoms with E-state index in [2.05, 4.69) is 45.1 Å². The number of piperidine rings is 1. The van der Waals surface area contributed by atoms with E-state index in [4.69, 9.17) is 4.74 Å². The van der Waals surface area contributed by atoms with Crippen molar-refractivity contribution in [1.29, 1.82) is 0 Å². The highest BCUT2D eigenvalue weighted by molar-refractivity contribution is 9.11. The quantitative estimate of drug-likeness (QED) is 0.465. The van der Waals surface area contributed by atoms with Gasteiger partial charge in [0.25, 0.3) is 0 Å². The average Bonchev–Trinajstić information content (AvgIpc) is 3.15. The van der Waals surface area contributed by atoms with E-state index in [1.54, 1.807) is 11.3 Å². The van der Waals surface area contributed by atoms with E-state index in [1.165, 1.54) is 4.88 Å². The number of likely N-dealkylation sites (tertiary alicyclic amines) is 1. The number of carboxylic acids is 1. The molecule has 2 unspecified atom stereocenters. The highest BCUT2D eigenvalue weighted by atomic mass is 79.9. The van der Waals surface area contributed by atoms with Crippen molar-refractivity contribution in [2.45, 2.75) is 18.9 Å². The largest absolute Gasteiger partial charge is 0.481 e. The van der Waals surface area contributed by atoms with Crippen LogP contribution in [0, 0.1) is 5.92 Å². The maximum atomic E-state index is 11.6. The Morgan fingerprint density at radius 3 is 2.62 bits per heavy atom. The third-order valence-electron chi connectivity index (χ3n) is 5.18. The molecule has 2 atom stereocenters. The van der Waals surface area contributed by atoms with E-state index in [0.29, 0.717) is 6.54 Å². The molecule has 0 bridgehead atoms. The molecule has 0 aliphatic carbocycles. The second kappa shape index (κ2) is 9.11. The van der Waals surface area contributed by atoms with Crippen LogP contribution in [0.4, 0.5) is 0 Å². The van der Waals surface area contributed by atoms with Crippen LogP contribution in [0.15, 0.2) is 70.5 Å². The van der Waals surface area contributed by atoms with E-state index in [9.17, 15) is 9.90 Å². The molecule has 29 heavy (non-hydrogen) atoms. The van der Waals surface area contributed by atoms with Gasteiger partial charge in [0, 0.05) is 11.4 Å². The van der Waals surface area contributed by atoms with Crippen molar-refractivity contribution >= 4 is 33.2 Å². The van der Waals surface area contributed by atoms with Gasteiger partial charge in [0.15, 0.2) is 0 Å². The predicted octanol–water partition coefficient (Wildman–Crippen LogP) is 6.19. The van der Waals surface area contributed by atoms with E-state index >= 15 is 0 Å². The minimum atomic E-state index is -0.707. The average molecular weight is 472 g/mol. The number of carboxylic acid groups (broad SMARTS) is 1. The van der Waals surface area contributed by atoms with E-state index < -0.39 is 5.97 Å². The molecular formula is C23H22BrNO3S. The lowest BCUT2D eigenvalue weighted by Crippen LogP contribution is -2.41. The van der Waals surface area contributed by atoms with Crippen molar-refractivity contribution in [1.82, 2.24) is 4.90 Å². The Bertz CT molecular complexity index is 975. The number of ether oxygens (including phenoxy) is 1. The molecule has 0 radical (unpaired) electrons. The third kappa shape index (κ3) is 4.89. The van der Waals surface area contributed by atoms with Gasteiger partial charge in [-0.15, -0.1) is 11.3 Å². The molecule has 3 aromatic rings. The molecule has 4 rings (SSSR count). The minimum Gasteiger partial charge on any atom is -0.481 e. The van der Waals surface area contributed by atoms with Gasteiger partial charge in [0.1, 0.15) is 11.5 Å². The van der Waals surface area contributed by atoms with Gasteiger partial charge in [-0.2, -0.15) is 0 Å². The first-order valence-electron chi connectivity index (χ1n) is 9.65. The van der Waals surface area contributed by atoms with Gasteiger partial charge in [0.05, 0.1) is 15.7 Å². The SMILES string of the molecule is O=C(O)C1CCCN(C(c2cccc(Oc3ccccc3)c2)c2ccc(Br)s2)C1. The Labute approximate surface area is 182 Å². The number of rotatable bonds is 6. The van der Waals surface area contributed by atoms with Gasteiger partial charge in [-0.1, -0.05) is 30.3 Å². The summed E-state index contributed by atoms with van der Waals surface area (Å²) in [5, 5.41) is 9.54. The number of benzene rings is 2. The van der Waals surface area contributed by atoms with Gasteiger partial charge in [-0.05, 0) is 77.3 Å². The van der Waals surface area contributed by atoms with E-state index in [1.807, 2.05) is 42.5 Å². The minimum absolute atomic E-state index is 0.00720. The molecule has 1 aliphatic heterocycles. The molecule has 6 heteroatoms. The van der Waals surface area contributed by atoms with E-state index in [-0.39, 0.29) is 12.0 Å². The van der Waals surface area contributed by atoms with Crippen LogP contribution in [-0.4, -0.2) is 29.1 Å². The summed E-state index contributed by atoms with van der Waals surface area (Å²) >= 11 is 5.26. The summed E-state index contributed by atoms with van der Waals surface area (Å²) in [5.74, 6) is 0.547. The summed E-state index contributed by atoms with van der Waals surface area (Å²) in [5.41, 5.74) is 1.11. The molecule has 150 valence electrons. The number of hydrogen-bond acceptors (Lipinski definition) is 4. The molecule has 1 fully saturated rings. The summed E-state index contributed by atoms with van der Waals surface area (Å²) in [7, 11) is 0. The number of para-hydroxylation sites is 1. The zero-order valence-corrected chi connectivity index (χ0v) is 18.2. The maximum absolute atomic E-state index is 11.6. The fourth-order valence-electron chi connectivity index (χ4n) is 3.85. The van der Waals surface area contributed by atoms with Crippen LogP contribution in [0.5, 0.6) is 11.5 Å². The van der Waals surface area contributed by atoms with Crippen molar-refractivity contribution in [2.75, 3.05) is 13.1 Å². The molecule has 4 nitrogen and oxygen atoms in total. The molecule has 1 aliphatic rings. The van der Waals surface area contributed by atoms with Gasteiger partial charge in [-0.25, -0.2) is 0 Å².